The molecule has 1 aliphatic rings. The molecule has 0 aliphatic carbocycles. The molecule has 104 valence electrons. The van der Waals surface area contributed by atoms with E-state index in [2.05, 4.69) is 0 Å². The Morgan fingerprint density at radius 2 is 2.00 bits per heavy atom. The average Bonchev–Trinajstić information content (AvgIpc) is 2.29. The van der Waals surface area contributed by atoms with Crippen LogP contribution >= 0.6 is 9.47 Å². The smallest absolute Gasteiger partial charge is 0.303 e. The van der Waals surface area contributed by atoms with E-state index in [-0.39, 0.29) is 13.2 Å². The molecule has 18 heavy (non-hydrogen) atoms. The zero-order chi connectivity index (χ0) is 13.7. The number of hydrogen-bond acceptors (Lipinski definition) is 7. The monoisotopic (exact) mass is 280 g/mol. The number of ether oxygens (including phenoxy) is 3. The summed E-state index contributed by atoms with van der Waals surface area (Å²) >= 11 is 0. The zero-order valence-electron chi connectivity index (χ0n) is 10.2. The molecular formula is C10H17O7P. The first-order chi connectivity index (χ1) is 8.45. The second-order valence-electron chi connectivity index (χ2n) is 3.92. The molecule has 1 fully saturated rings. The van der Waals surface area contributed by atoms with Crippen LogP contribution < -0.4 is 0 Å². The van der Waals surface area contributed by atoms with Crippen LogP contribution in [0.4, 0.5) is 0 Å². The van der Waals surface area contributed by atoms with Crippen LogP contribution in [0.1, 0.15) is 13.8 Å². The number of aliphatic hydroxyl groups excluding tert-OH is 1. The van der Waals surface area contributed by atoms with E-state index in [0.717, 1.165) is 0 Å². The van der Waals surface area contributed by atoms with E-state index in [1.165, 1.54) is 13.8 Å². The van der Waals surface area contributed by atoms with Gasteiger partial charge in [-0.15, -0.1) is 0 Å². The Labute approximate surface area is 107 Å². The van der Waals surface area contributed by atoms with E-state index in [0.29, 0.717) is 0 Å². The quantitative estimate of drug-likeness (QED) is 0.544. The molecule has 1 saturated heterocycles. The summed E-state index contributed by atoms with van der Waals surface area (Å²) < 4.78 is 20.2. The predicted molar refractivity (Wildman–Crippen MR) is 62.5 cm³/mol. The van der Waals surface area contributed by atoms with Crippen molar-refractivity contribution in [2.45, 2.75) is 38.3 Å². The van der Waals surface area contributed by atoms with Crippen LogP contribution in [0.15, 0.2) is 0 Å². The zero-order valence-corrected chi connectivity index (χ0v) is 11.4. The van der Waals surface area contributed by atoms with Gasteiger partial charge in [0.05, 0.1) is 6.61 Å². The van der Waals surface area contributed by atoms with Crippen LogP contribution in [0.25, 0.3) is 0 Å². The summed E-state index contributed by atoms with van der Waals surface area (Å²) in [5.74, 6) is -0.976. The molecule has 1 N–H and O–H groups in total. The number of hydrogen-bond donors (Lipinski definition) is 1. The highest BCUT2D eigenvalue weighted by atomic mass is 31.0. The lowest BCUT2D eigenvalue weighted by atomic mass is 10.0. The summed E-state index contributed by atoms with van der Waals surface area (Å²) in [6, 6.07) is 0. The van der Waals surface area contributed by atoms with Crippen LogP contribution in [-0.4, -0.2) is 54.7 Å². The Morgan fingerprint density at radius 1 is 1.33 bits per heavy atom. The Bertz CT molecular complexity index is 309. The van der Waals surface area contributed by atoms with Crippen molar-refractivity contribution >= 4 is 21.4 Å². The van der Waals surface area contributed by atoms with Gasteiger partial charge in [-0.25, -0.2) is 0 Å². The minimum absolute atomic E-state index is 0.0194. The third-order valence-electron chi connectivity index (χ3n) is 2.46. The number of carbonyl (C=O) groups is 2. The van der Waals surface area contributed by atoms with Crippen LogP contribution in [0.2, 0.25) is 0 Å². The van der Waals surface area contributed by atoms with Crippen molar-refractivity contribution < 1.29 is 33.4 Å². The van der Waals surface area contributed by atoms with Crippen LogP contribution in [-0.2, 0) is 28.3 Å². The minimum Gasteiger partial charge on any atom is -0.463 e. The van der Waals surface area contributed by atoms with E-state index in [1.54, 1.807) is 0 Å². The highest BCUT2D eigenvalue weighted by Crippen LogP contribution is 2.23. The van der Waals surface area contributed by atoms with Gasteiger partial charge in [-0.2, -0.15) is 0 Å². The number of carbonyl (C=O) groups excluding carboxylic acids is 2. The molecule has 0 aromatic carbocycles. The summed E-state index contributed by atoms with van der Waals surface area (Å²) in [6.07, 6.45) is -3.15. The van der Waals surface area contributed by atoms with Crippen molar-refractivity contribution in [3.05, 3.63) is 0 Å². The summed E-state index contributed by atoms with van der Waals surface area (Å²) in [5.41, 5.74) is 0. The maximum absolute atomic E-state index is 11.0. The first kappa shape index (κ1) is 15.3. The Hall–Kier alpha value is -0.750. The van der Waals surface area contributed by atoms with Gasteiger partial charge < -0.3 is 23.8 Å². The van der Waals surface area contributed by atoms with Gasteiger partial charge in [0.15, 0.2) is 6.10 Å². The van der Waals surface area contributed by atoms with Gasteiger partial charge in [-0.05, 0) is 0 Å². The van der Waals surface area contributed by atoms with Gasteiger partial charge in [-0.1, -0.05) is 0 Å². The third kappa shape index (κ3) is 4.17. The van der Waals surface area contributed by atoms with E-state index >= 15 is 0 Å². The highest BCUT2D eigenvalue weighted by Gasteiger charge is 2.42. The summed E-state index contributed by atoms with van der Waals surface area (Å²) in [5, 5.41) is 9.72. The number of aliphatic hydroxyl groups is 1. The van der Waals surface area contributed by atoms with Crippen molar-refractivity contribution in [3.63, 3.8) is 0 Å². The van der Waals surface area contributed by atoms with Crippen molar-refractivity contribution in [1.29, 1.82) is 0 Å². The van der Waals surface area contributed by atoms with E-state index in [1.807, 2.05) is 9.47 Å². The lowest BCUT2D eigenvalue weighted by Crippen LogP contribution is -2.56. The van der Waals surface area contributed by atoms with Crippen molar-refractivity contribution in [2.24, 2.45) is 0 Å². The molecule has 0 spiro atoms. The van der Waals surface area contributed by atoms with E-state index in [4.69, 9.17) is 18.7 Å². The highest BCUT2D eigenvalue weighted by molar-refractivity contribution is 7.09. The Balaban J connectivity index is 2.68. The summed E-state index contributed by atoms with van der Waals surface area (Å²) in [6.45, 7) is 2.47. The molecule has 0 aromatic heterocycles. The van der Waals surface area contributed by atoms with Gasteiger partial charge in [-0.3, -0.25) is 9.59 Å². The molecular weight excluding hydrogens is 263 g/mol. The van der Waals surface area contributed by atoms with Gasteiger partial charge >= 0.3 is 11.9 Å². The van der Waals surface area contributed by atoms with Gasteiger partial charge in [0.1, 0.15) is 24.9 Å². The largest absolute Gasteiger partial charge is 0.463 e. The maximum atomic E-state index is 11.0. The minimum atomic E-state index is -0.979. The first-order valence-electron chi connectivity index (χ1n) is 5.41. The van der Waals surface area contributed by atoms with Crippen LogP contribution in [0, 0.1) is 0 Å². The van der Waals surface area contributed by atoms with E-state index in [9.17, 15) is 14.7 Å². The van der Waals surface area contributed by atoms with Crippen LogP contribution in [0.3, 0.4) is 0 Å². The molecule has 0 aromatic rings. The van der Waals surface area contributed by atoms with E-state index < -0.39 is 36.4 Å². The fourth-order valence-electron chi connectivity index (χ4n) is 1.69. The lowest BCUT2D eigenvalue weighted by molar-refractivity contribution is -0.207. The third-order valence-corrected chi connectivity index (χ3v) is 2.77. The molecule has 0 radical (unpaired) electrons. The standard InChI is InChI=1S/C10H17O7P/c1-5(11)14-4-8-10(17-18)9(16-6(2)12)7(13)3-15-8/h7-10,13H,3-4,18H2,1-2H3/t7?,8?,9-,10+/m1/s1. The fraction of sp³-hybridized carbons (Fsp3) is 0.800. The van der Waals surface area contributed by atoms with Gasteiger partial charge in [0.25, 0.3) is 0 Å². The molecule has 3 unspecified atom stereocenters. The maximum Gasteiger partial charge on any atom is 0.303 e. The average molecular weight is 280 g/mol. The van der Waals surface area contributed by atoms with Gasteiger partial charge in [0, 0.05) is 23.3 Å². The second kappa shape index (κ2) is 6.99. The number of esters is 2. The topological polar surface area (TPSA) is 91.3 Å². The lowest BCUT2D eigenvalue weighted by Gasteiger charge is -2.38. The summed E-state index contributed by atoms with van der Waals surface area (Å²) in [7, 11) is 2.02. The first-order valence-corrected chi connectivity index (χ1v) is 5.88. The molecule has 0 bridgehead atoms. The second-order valence-corrected chi connectivity index (χ2v) is 4.19. The Kier molecular flexibility index (Phi) is 5.95. The molecule has 1 aliphatic heterocycles. The molecule has 0 amide bonds. The SMILES string of the molecule is CC(=O)OCC1OCC(O)[C@@H](OC(C)=O)[C@H]1OP. The molecule has 7 nitrogen and oxygen atoms in total. The van der Waals surface area contributed by atoms with Crippen LogP contribution in [0.5, 0.6) is 0 Å². The van der Waals surface area contributed by atoms with Crippen molar-refractivity contribution in [1.82, 2.24) is 0 Å². The molecule has 0 saturated carbocycles. The molecule has 8 heteroatoms. The molecule has 1 rings (SSSR count). The van der Waals surface area contributed by atoms with Crippen molar-refractivity contribution in [3.8, 4) is 0 Å². The summed E-state index contributed by atoms with van der Waals surface area (Å²) in [4.78, 5) is 21.7. The van der Waals surface area contributed by atoms with Gasteiger partial charge in [0.2, 0.25) is 0 Å². The Morgan fingerprint density at radius 3 is 2.50 bits per heavy atom. The predicted octanol–water partition coefficient (Wildman–Crippen LogP) is -0.584. The molecule has 1 heterocycles. The molecule has 5 atom stereocenters. The normalized spacial score (nSPS) is 31.8. The van der Waals surface area contributed by atoms with Crippen molar-refractivity contribution in [2.75, 3.05) is 13.2 Å². The fourth-order valence-corrected chi connectivity index (χ4v) is 2.02. The number of rotatable bonds is 4.